The van der Waals surface area contributed by atoms with E-state index in [1.807, 2.05) is 4.72 Å². The summed E-state index contributed by atoms with van der Waals surface area (Å²) in [6.45, 7) is 0.432. The number of hydrogen-bond acceptors (Lipinski definition) is 9. The molecule has 1 aromatic heterocycles. The summed E-state index contributed by atoms with van der Waals surface area (Å²) >= 11 is 3.91. The molecule has 1 atom stereocenters. The Hall–Kier alpha value is -2.89. The molecule has 0 spiro atoms. The van der Waals surface area contributed by atoms with E-state index in [1.165, 1.54) is 36.4 Å². The van der Waals surface area contributed by atoms with Gasteiger partial charge in [0.25, 0.3) is 10.0 Å². The first-order chi connectivity index (χ1) is 16.8. The Morgan fingerprint density at radius 1 is 1.11 bits per heavy atom. The summed E-state index contributed by atoms with van der Waals surface area (Å²) in [7, 11) is -4.32. The van der Waals surface area contributed by atoms with Crippen LogP contribution in [0.5, 0.6) is 5.75 Å². The van der Waals surface area contributed by atoms with E-state index < -0.39 is 40.6 Å². The second kappa shape index (κ2) is 12.9. The van der Waals surface area contributed by atoms with Crippen LogP contribution in [0, 0.1) is 0 Å². The Bertz CT molecular complexity index is 1180. The highest BCUT2D eigenvalue weighted by Crippen LogP contribution is 2.26. The van der Waals surface area contributed by atoms with Gasteiger partial charge in [0.1, 0.15) is 22.6 Å². The van der Waals surface area contributed by atoms with Crippen LogP contribution in [-0.2, 0) is 35.6 Å². The summed E-state index contributed by atoms with van der Waals surface area (Å²) in [5.41, 5.74) is 10.6. The average Bonchev–Trinajstić information content (AvgIpc) is 3.23. The Kier molecular flexibility index (Phi) is 10.5. The van der Waals surface area contributed by atoms with Crippen LogP contribution in [0.1, 0.15) is 12.0 Å². The highest BCUT2D eigenvalue weighted by molar-refractivity contribution is 9.11. The lowest BCUT2D eigenvalue weighted by atomic mass is 10.1. The topological polar surface area (TPSA) is 172 Å². The quantitative estimate of drug-likeness (QED) is 0.0805. The Labute approximate surface area is 215 Å². The number of sulfonamides is 1. The minimum atomic E-state index is -5.44. The number of esters is 2. The lowest BCUT2D eigenvalue weighted by Gasteiger charge is -2.17. The van der Waals surface area contributed by atoms with Crippen molar-refractivity contribution in [1.82, 2.24) is 4.72 Å². The van der Waals surface area contributed by atoms with Crippen molar-refractivity contribution in [2.45, 2.75) is 29.3 Å². The number of carbonyl (C=O) groups is 2. The van der Waals surface area contributed by atoms with Crippen LogP contribution in [0.15, 0.2) is 49.5 Å². The summed E-state index contributed by atoms with van der Waals surface area (Å²) in [6, 6.07) is 6.77. The van der Waals surface area contributed by atoms with Gasteiger partial charge in [-0.2, -0.15) is 17.9 Å². The van der Waals surface area contributed by atoms with Crippen molar-refractivity contribution in [2.24, 2.45) is 16.6 Å². The highest BCUT2D eigenvalue weighted by Gasteiger charge is 2.44. The molecule has 0 bridgehead atoms. The van der Waals surface area contributed by atoms with Gasteiger partial charge in [0.15, 0.2) is 0 Å². The number of nitrogens with one attached hydrogen (secondary N) is 1. The number of hydrogen-bond donors (Lipinski definition) is 3. The molecule has 198 valence electrons. The van der Waals surface area contributed by atoms with Gasteiger partial charge < -0.3 is 25.8 Å². The maximum Gasteiger partial charge on any atom is 0.491 e. The summed E-state index contributed by atoms with van der Waals surface area (Å²) in [4.78, 5) is 28.2. The van der Waals surface area contributed by atoms with Crippen LogP contribution in [0.4, 0.5) is 13.2 Å². The van der Waals surface area contributed by atoms with Gasteiger partial charge in [0.05, 0.1) is 10.4 Å². The monoisotopic (exact) mass is 616 g/mol. The van der Waals surface area contributed by atoms with Crippen molar-refractivity contribution in [1.29, 1.82) is 0 Å². The van der Waals surface area contributed by atoms with Gasteiger partial charge >= 0.3 is 18.1 Å². The maximum absolute atomic E-state index is 12.6. The molecule has 1 heterocycles. The zero-order valence-electron chi connectivity index (χ0n) is 18.2. The Morgan fingerprint density at radius 2 is 1.78 bits per heavy atom. The Morgan fingerprint density at radius 3 is 2.33 bits per heavy atom. The van der Waals surface area contributed by atoms with Crippen molar-refractivity contribution in [2.75, 3.05) is 13.2 Å². The van der Waals surface area contributed by atoms with Gasteiger partial charge in [-0.25, -0.2) is 18.0 Å². The van der Waals surface area contributed by atoms with Crippen molar-refractivity contribution in [3.63, 3.8) is 0 Å². The standard InChI is InChI=1S/C19H20BrF3N4O7S2/c20-14-6-7-15(35-14)36(30,31)27-13(16(28)34-17(29)19(21,22)23)10-11-2-4-12(5-3-11)32-8-1-9-33-26-18(24)25/h2-7,13,27H,1,8-10H2,(H4,24,25,26)/t13-/m0/s1. The summed E-state index contributed by atoms with van der Waals surface area (Å²) in [5.74, 6) is -4.28. The third-order valence-corrected chi connectivity index (χ3v) is 7.59. The third kappa shape index (κ3) is 9.63. The molecule has 17 heteroatoms. The molecule has 5 N–H and O–H groups in total. The summed E-state index contributed by atoms with van der Waals surface area (Å²) in [5, 5.41) is 3.34. The van der Waals surface area contributed by atoms with Gasteiger partial charge in [-0.15, -0.1) is 11.3 Å². The van der Waals surface area contributed by atoms with E-state index >= 15 is 0 Å². The van der Waals surface area contributed by atoms with E-state index in [4.69, 9.17) is 21.0 Å². The summed E-state index contributed by atoms with van der Waals surface area (Å²) < 4.78 is 74.5. The molecule has 11 nitrogen and oxygen atoms in total. The van der Waals surface area contributed by atoms with Crippen molar-refractivity contribution in [3.8, 4) is 5.75 Å². The predicted molar refractivity (Wildman–Crippen MR) is 125 cm³/mol. The molecule has 0 fully saturated rings. The molecule has 36 heavy (non-hydrogen) atoms. The number of thiophene rings is 1. The van der Waals surface area contributed by atoms with Crippen LogP contribution in [0.2, 0.25) is 0 Å². The predicted octanol–water partition coefficient (Wildman–Crippen LogP) is 2.01. The maximum atomic E-state index is 12.6. The molecule has 0 amide bonds. The fraction of sp³-hybridized carbons (Fsp3) is 0.316. The van der Waals surface area contributed by atoms with E-state index in [0.29, 0.717) is 21.5 Å². The first-order valence-corrected chi connectivity index (χ1v) is 12.9. The van der Waals surface area contributed by atoms with Crippen LogP contribution in [0.25, 0.3) is 0 Å². The van der Waals surface area contributed by atoms with Crippen molar-refractivity contribution < 1.29 is 45.5 Å². The fourth-order valence-corrected chi connectivity index (χ4v) is 5.68. The Balaban J connectivity index is 2.09. The molecule has 0 aliphatic carbocycles. The van der Waals surface area contributed by atoms with E-state index in [-0.39, 0.29) is 23.4 Å². The number of oxime groups is 1. The van der Waals surface area contributed by atoms with Crippen LogP contribution >= 0.6 is 27.3 Å². The van der Waals surface area contributed by atoms with Gasteiger partial charge in [-0.1, -0.05) is 12.1 Å². The zero-order chi connectivity index (χ0) is 26.9. The number of carbonyl (C=O) groups excluding carboxylic acids is 2. The van der Waals surface area contributed by atoms with Gasteiger partial charge in [-0.05, 0) is 57.3 Å². The van der Waals surface area contributed by atoms with Gasteiger partial charge in [0.2, 0.25) is 5.96 Å². The van der Waals surface area contributed by atoms with Crippen LogP contribution < -0.4 is 20.9 Å². The SMILES string of the molecule is NC(N)=NOCCCOc1ccc(C[C@H](NS(=O)(=O)c2ccc(Br)s2)C(=O)OC(=O)C(F)(F)F)cc1. The molecule has 2 aromatic rings. The molecule has 0 saturated heterocycles. The normalized spacial score (nSPS) is 12.4. The molecular formula is C19H20BrF3N4O7S2. The van der Waals surface area contributed by atoms with Crippen LogP contribution in [-0.4, -0.2) is 51.7 Å². The summed E-state index contributed by atoms with van der Waals surface area (Å²) in [6.07, 6.45) is -5.41. The molecule has 0 saturated carbocycles. The molecule has 1 aromatic carbocycles. The molecule has 0 aliphatic heterocycles. The lowest BCUT2D eigenvalue weighted by molar-refractivity contribution is -0.202. The number of alkyl halides is 3. The van der Waals surface area contributed by atoms with Crippen molar-refractivity contribution in [3.05, 3.63) is 45.7 Å². The second-order valence-corrected chi connectivity index (χ2v) is 11.2. The lowest BCUT2D eigenvalue weighted by Crippen LogP contribution is -2.45. The number of guanidine groups is 1. The van der Waals surface area contributed by atoms with E-state index in [0.717, 1.165) is 11.3 Å². The number of ether oxygens (including phenoxy) is 2. The number of nitrogens with zero attached hydrogens (tertiary/aromatic N) is 1. The van der Waals surface area contributed by atoms with Crippen molar-refractivity contribution >= 4 is 55.2 Å². The molecule has 0 unspecified atom stereocenters. The van der Waals surface area contributed by atoms with Gasteiger partial charge in [0, 0.05) is 6.42 Å². The van der Waals surface area contributed by atoms with E-state index in [9.17, 15) is 31.2 Å². The number of nitrogens with two attached hydrogens (primary N) is 2. The molecule has 2 rings (SSSR count). The number of rotatable bonds is 12. The minimum Gasteiger partial charge on any atom is -0.493 e. The van der Waals surface area contributed by atoms with E-state index in [2.05, 4.69) is 25.8 Å². The molecular weight excluding hydrogens is 597 g/mol. The van der Waals surface area contributed by atoms with Crippen LogP contribution in [0.3, 0.4) is 0 Å². The van der Waals surface area contributed by atoms with Gasteiger partial charge in [-0.3, -0.25) is 0 Å². The smallest absolute Gasteiger partial charge is 0.491 e. The largest absolute Gasteiger partial charge is 0.493 e. The minimum absolute atomic E-state index is 0.192. The third-order valence-electron chi connectivity index (χ3n) is 4.00. The molecule has 0 radical (unpaired) electrons. The average molecular weight is 617 g/mol. The first-order valence-electron chi connectivity index (χ1n) is 9.81. The van der Waals surface area contributed by atoms with E-state index in [1.54, 1.807) is 0 Å². The number of halogens is 4. The fourth-order valence-electron chi connectivity index (χ4n) is 2.47. The zero-order valence-corrected chi connectivity index (χ0v) is 21.4. The first kappa shape index (κ1) is 29.3. The number of benzene rings is 1. The molecule has 0 aliphatic rings. The highest BCUT2D eigenvalue weighted by atomic mass is 79.9. The second-order valence-electron chi connectivity index (χ2n) is 6.84.